The second-order valence-electron chi connectivity index (χ2n) is 2.65. The Hall–Kier alpha value is -0.440. The number of alkyl halides is 6. The molecule has 0 rings (SSSR count). The highest BCUT2D eigenvalue weighted by Gasteiger charge is 2.63. The van der Waals surface area contributed by atoms with E-state index in [0.717, 1.165) is 5.32 Å². The van der Waals surface area contributed by atoms with E-state index in [1.165, 1.54) is 0 Å². The third-order valence-corrected chi connectivity index (χ3v) is 1.96. The lowest BCUT2D eigenvalue weighted by Gasteiger charge is -2.29. The summed E-state index contributed by atoms with van der Waals surface area (Å²) in [6.45, 7) is 0. The fraction of sp³-hybridized carbons (Fsp3) is 0.667. The third-order valence-electron chi connectivity index (χ3n) is 1.44. The van der Waals surface area contributed by atoms with Crippen LogP contribution in [-0.2, 0) is 14.3 Å². The molecule has 17 heavy (non-hydrogen) atoms. The second kappa shape index (κ2) is 5.05. The maximum absolute atomic E-state index is 12.4. The maximum atomic E-state index is 12.4. The Morgan fingerprint density at radius 2 is 1.65 bits per heavy atom. The highest BCUT2D eigenvalue weighted by molar-refractivity contribution is 6.76. The van der Waals surface area contributed by atoms with Crippen LogP contribution in [0.15, 0.2) is 0 Å². The smallest absolute Gasteiger partial charge is 0.448 e. The molecule has 0 heterocycles. The number of amides is 1. The number of carbonyl (C=O) groups excluding carboxylic acids is 2. The van der Waals surface area contributed by atoms with Gasteiger partial charge in [-0.25, -0.2) is 4.79 Å². The molecule has 0 spiro atoms. The van der Waals surface area contributed by atoms with E-state index in [9.17, 15) is 22.8 Å². The van der Waals surface area contributed by atoms with Gasteiger partial charge >= 0.3 is 17.9 Å². The highest BCUT2D eigenvalue weighted by atomic mass is 35.6. The van der Waals surface area contributed by atoms with Crippen molar-refractivity contribution < 1.29 is 32.6 Å². The zero-order chi connectivity index (χ0) is 14.1. The maximum Gasteiger partial charge on any atom is 0.448 e. The minimum atomic E-state index is -5.55. The molecule has 0 aromatic heterocycles. The van der Waals surface area contributed by atoms with Crippen molar-refractivity contribution in [3.63, 3.8) is 0 Å². The van der Waals surface area contributed by atoms with Gasteiger partial charge in [0.25, 0.3) is 9.70 Å². The fourth-order valence-corrected chi connectivity index (χ4v) is 0.762. The predicted octanol–water partition coefficient (Wildman–Crippen LogP) is 0.897. The summed E-state index contributed by atoms with van der Waals surface area (Å²) in [4.78, 5) is 21.8. The normalized spacial score (nSPS) is 16.0. The molecule has 0 aromatic rings. The SMILES string of the molecule is COC(=O)C(O)(NC(=O)C(Cl)(Cl)Cl)C(F)(F)F. The summed E-state index contributed by atoms with van der Waals surface area (Å²) in [6, 6.07) is 0. The quantitative estimate of drug-likeness (QED) is 0.450. The molecule has 0 bridgehead atoms. The van der Waals surface area contributed by atoms with Gasteiger partial charge in [0.1, 0.15) is 0 Å². The summed E-state index contributed by atoms with van der Waals surface area (Å²) in [5, 5.41) is 9.89. The molecule has 0 fully saturated rings. The molecular formula is C6H5Cl3F3NO4. The van der Waals surface area contributed by atoms with Crippen molar-refractivity contribution in [2.24, 2.45) is 0 Å². The number of carbonyl (C=O) groups is 2. The molecule has 1 unspecified atom stereocenters. The fourth-order valence-electron chi connectivity index (χ4n) is 0.621. The Morgan fingerprint density at radius 1 is 1.24 bits per heavy atom. The van der Waals surface area contributed by atoms with Crippen molar-refractivity contribution in [3.8, 4) is 0 Å². The lowest BCUT2D eigenvalue weighted by molar-refractivity contribution is -0.270. The van der Waals surface area contributed by atoms with E-state index in [4.69, 9.17) is 39.9 Å². The van der Waals surface area contributed by atoms with Crippen molar-refractivity contribution in [1.29, 1.82) is 0 Å². The molecular weight excluding hydrogens is 313 g/mol. The molecule has 0 saturated heterocycles. The first-order chi connectivity index (χ1) is 7.36. The van der Waals surface area contributed by atoms with E-state index in [1.807, 2.05) is 0 Å². The number of ether oxygens (including phenoxy) is 1. The number of aliphatic hydroxyl groups is 1. The molecule has 0 aliphatic heterocycles. The van der Waals surface area contributed by atoms with Crippen LogP contribution in [0.25, 0.3) is 0 Å². The Morgan fingerprint density at radius 3 is 1.88 bits per heavy atom. The summed E-state index contributed by atoms with van der Waals surface area (Å²) in [5.41, 5.74) is -4.29. The van der Waals surface area contributed by atoms with Gasteiger partial charge in [0, 0.05) is 0 Å². The van der Waals surface area contributed by atoms with Crippen LogP contribution in [0.4, 0.5) is 13.2 Å². The summed E-state index contributed by atoms with van der Waals surface area (Å²) < 4.78 is 38.1. The molecule has 5 nitrogen and oxygen atoms in total. The minimum absolute atomic E-state index is 0.570. The standard InChI is InChI=1S/C6H5Cl3F3NO4/c1-17-3(15)4(16,6(10,11)12)13-2(14)5(7,8)9/h16H,1H3,(H,13,14). The van der Waals surface area contributed by atoms with Crippen LogP contribution in [0, 0.1) is 0 Å². The largest absolute Gasteiger partial charge is 0.465 e. The van der Waals surface area contributed by atoms with E-state index >= 15 is 0 Å². The van der Waals surface area contributed by atoms with Gasteiger partial charge < -0.3 is 15.2 Å². The number of halogens is 6. The van der Waals surface area contributed by atoms with Gasteiger partial charge in [-0.05, 0) is 0 Å². The molecule has 0 aliphatic rings. The Kier molecular flexibility index (Phi) is 4.92. The van der Waals surface area contributed by atoms with Crippen LogP contribution in [-0.4, -0.2) is 39.8 Å². The van der Waals surface area contributed by atoms with Crippen LogP contribution < -0.4 is 5.32 Å². The van der Waals surface area contributed by atoms with Gasteiger partial charge in [-0.3, -0.25) is 4.79 Å². The first kappa shape index (κ1) is 16.6. The van der Waals surface area contributed by atoms with Crippen LogP contribution in [0.1, 0.15) is 0 Å². The van der Waals surface area contributed by atoms with Crippen molar-refractivity contribution in [1.82, 2.24) is 5.32 Å². The van der Waals surface area contributed by atoms with E-state index in [-0.39, 0.29) is 0 Å². The number of methoxy groups -OCH3 is 1. The first-order valence-corrected chi connectivity index (χ1v) is 4.76. The molecule has 0 aliphatic carbocycles. The number of rotatable bonds is 2. The topological polar surface area (TPSA) is 75.6 Å². The van der Waals surface area contributed by atoms with E-state index in [2.05, 4.69) is 4.74 Å². The Labute approximate surface area is 108 Å². The van der Waals surface area contributed by atoms with Crippen molar-refractivity contribution in [2.45, 2.75) is 15.7 Å². The van der Waals surface area contributed by atoms with Crippen molar-refractivity contribution in [3.05, 3.63) is 0 Å². The summed E-state index contributed by atoms with van der Waals surface area (Å²) >= 11 is 14.9. The van der Waals surface area contributed by atoms with E-state index in [0.29, 0.717) is 7.11 Å². The van der Waals surface area contributed by atoms with E-state index < -0.39 is 27.6 Å². The molecule has 100 valence electrons. The molecule has 11 heteroatoms. The van der Waals surface area contributed by atoms with Gasteiger partial charge in [-0.1, -0.05) is 34.8 Å². The zero-order valence-corrected chi connectivity index (χ0v) is 10.2. The van der Waals surface area contributed by atoms with Crippen molar-refractivity contribution in [2.75, 3.05) is 7.11 Å². The number of nitrogens with one attached hydrogen (secondary N) is 1. The van der Waals surface area contributed by atoms with Gasteiger partial charge in [-0.2, -0.15) is 13.2 Å². The van der Waals surface area contributed by atoms with Crippen LogP contribution in [0.3, 0.4) is 0 Å². The average Bonchev–Trinajstić information content (AvgIpc) is 2.12. The highest BCUT2D eigenvalue weighted by Crippen LogP contribution is 2.32. The Bertz CT molecular complexity index is 329. The number of esters is 1. The predicted molar refractivity (Wildman–Crippen MR) is 51.5 cm³/mol. The van der Waals surface area contributed by atoms with E-state index in [1.54, 1.807) is 0 Å². The lowest BCUT2D eigenvalue weighted by Crippen LogP contribution is -2.66. The molecule has 0 radical (unpaired) electrons. The lowest BCUT2D eigenvalue weighted by atomic mass is 10.2. The molecule has 1 amide bonds. The van der Waals surface area contributed by atoms with Crippen LogP contribution in [0.2, 0.25) is 0 Å². The summed E-state index contributed by atoms with van der Waals surface area (Å²) in [5.74, 6) is -4.01. The van der Waals surface area contributed by atoms with Crippen LogP contribution in [0.5, 0.6) is 0 Å². The van der Waals surface area contributed by atoms with Crippen LogP contribution >= 0.6 is 34.8 Å². The summed E-state index contributed by atoms with van der Waals surface area (Å²) in [7, 11) is 0.570. The molecule has 1 atom stereocenters. The zero-order valence-electron chi connectivity index (χ0n) is 7.94. The Balaban J connectivity index is 5.26. The third kappa shape index (κ3) is 3.77. The van der Waals surface area contributed by atoms with Gasteiger partial charge in [0.15, 0.2) is 0 Å². The van der Waals surface area contributed by atoms with Gasteiger partial charge in [0.2, 0.25) is 0 Å². The number of hydrogen-bond acceptors (Lipinski definition) is 4. The van der Waals surface area contributed by atoms with Crippen molar-refractivity contribution >= 4 is 46.7 Å². The average molecular weight is 318 g/mol. The van der Waals surface area contributed by atoms with Gasteiger partial charge in [0.05, 0.1) is 7.11 Å². The molecule has 2 N–H and O–H groups in total. The molecule has 0 saturated carbocycles. The monoisotopic (exact) mass is 317 g/mol. The first-order valence-electron chi connectivity index (χ1n) is 3.63. The number of hydrogen-bond donors (Lipinski definition) is 2. The minimum Gasteiger partial charge on any atom is -0.465 e. The molecule has 0 aromatic carbocycles. The van der Waals surface area contributed by atoms with Gasteiger partial charge in [-0.15, -0.1) is 0 Å². The second-order valence-corrected chi connectivity index (χ2v) is 4.93. The summed E-state index contributed by atoms with van der Waals surface area (Å²) in [6.07, 6.45) is -5.55.